The zero-order chi connectivity index (χ0) is 14.0. The van der Waals surface area contributed by atoms with Crippen LogP contribution in [0.1, 0.15) is 36.6 Å². The molecule has 0 radical (unpaired) electrons. The van der Waals surface area contributed by atoms with E-state index in [1.807, 2.05) is 13.8 Å². The maximum absolute atomic E-state index is 11.7. The second kappa shape index (κ2) is 5.09. The van der Waals surface area contributed by atoms with E-state index >= 15 is 0 Å². The van der Waals surface area contributed by atoms with Crippen LogP contribution in [0, 0.1) is 10.1 Å². The number of nitrogens with one attached hydrogen (secondary N) is 2. The van der Waals surface area contributed by atoms with Gasteiger partial charge >= 0.3 is 0 Å². The number of benzene rings is 1. The molecule has 0 aliphatic heterocycles. The number of aromatic amines is 2. The zero-order valence-electron chi connectivity index (χ0n) is 10.8. The minimum absolute atomic E-state index is 0.0517. The van der Waals surface area contributed by atoms with Gasteiger partial charge in [-0.3, -0.25) is 20.0 Å². The molecule has 0 saturated carbocycles. The maximum atomic E-state index is 11.7. The summed E-state index contributed by atoms with van der Waals surface area (Å²) < 4.78 is 0. The predicted octanol–water partition coefficient (Wildman–Crippen LogP) is 2.33. The van der Waals surface area contributed by atoms with Gasteiger partial charge in [0.1, 0.15) is 0 Å². The van der Waals surface area contributed by atoms with Crippen LogP contribution in [0.15, 0.2) is 29.1 Å². The van der Waals surface area contributed by atoms with Gasteiger partial charge in [-0.1, -0.05) is 26.0 Å². The minimum atomic E-state index is -0.438. The fourth-order valence-electron chi connectivity index (χ4n) is 2.01. The number of nitro benzene ring substituents is 1. The van der Waals surface area contributed by atoms with Crippen LogP contribution in [0.4, 0.5) is 5.69 Å². The highest BCUT2D eigenvalue weighted by Crippen LogP contribution is 2.18. The van der Waals surface area contributed by atoms with Crippen molar-refractivity contribution in [3.63, 3.8) is 0 Å². The molecule has 0 aliphatic rings. The minimum Gasteiger partial charge on any atom is -0.302 e. The summed E-state index contributed by atoms with van der Waals surface area (Å²) in [5, 5.41) is 16.0. The van der Waals surface area contributed by atoms with Gasteiger partial charge in [-0.2, -0.15) is 0 Å². The molecule has 1 aromatic heterocycles. The van der Waals surface area contributed by atoms with E-state index in [1.54, 1.807) is 12.1 Å². The summed E-state index contributed by atoms with van der Waals surface area (Å²) in [6, 6.07) is 6.25. The lowest BCUT2D eigenvalue weighted by molar-refractivity contribution is -0.384. The van der Waals surface area contributed by atoms with Crippen LogP contribution in [0.3, 0.4) is 0 Å². The second-order valence-electron chi connectivity index (χ2n) is 4.73. The summed E-state index contributed by atoms with van der Waals surface area (Å²) in [4.78, 5) is 21.9. The van der Waals surface area contributed by atoms with Crippen molar-refractivity contribution in [2.24, 2.45) is 0 Å². The lowest BCUT2D eigenvalue weighted by Crippen LogP contribution is -2.08. The molecule has 6 nitrogen and oxygen atoms in total. The maximum Gasteiger partial charge on any atom is 0.269 e. The molecule has 0 amide bonds. The van der Waals surface area contributed by atoms with E-state index in [9.17, 15) is 14.9 Å². The highest BCUT2D eigenvalue weighted by molar-refractivity contribution is 5.36. The summed E-state index contributed by atoms with van der Waals surface area (Å²) in [6.45, 7) is 4.00. The van der Waals surface area contributed by atoms with Crippen LogP contribution in [0.25, 0.3) is 0 Å². The van der Waals surface area contributed by atoms with Crippen molar-refractivity contribution in [1.29, 1.82) is 0 Å². The summed E-state index contributed by atoms with van der Waals surface area (Å²) >= 11 is 0. The Labute approximate surface area is 109 Å². The molecule has 100 valence electrons. The van der Waals surface area contributed by atoms with Crippen molar-refractivity contribution in [3.8, 4) is 0 Å². The third-order valence-electron chi connectivity index (χ3n) is 3.02. The summed E-state index contributed by atoms with van der Waals surface area (Å²) in [7, 11) is 0. The highest BCUT2D eigenvalue weighted by atomic mass is 16.6. The first-order chi connectivity index (χ1) is 8.99. The molecule has 0 aliphatic carbocycles. The Bertz CT molecular complexity index is 638. The van der Waals surface area contributed by atoms with Crippen molar-refractivity contribution in [2.45, 2.75) is 26.2 Å². The Morgan fingerprint density at radius 1 is 1.21 bits per heavy atom. The van der Waals surface area contributed by atoms with E-state index in [0.29, 0.717) is 12.0 Å². The molecule has 0 fully saturated rings. The van der Waals surface area contributed by atoms with Crippen molar-refractivity contribution in [2.75, 3.05) is 0 Å². The Kier molecular flexibility index (Phi) is 3.50. The number of rotatable bonds is 4. The van der Waals surface area contributed by atoms with Gasteiger partial charge in [0.05, 0.1) is 4.92 Å². The van der Waals surface area contributed by atoms with Crippen molar-refractivity contribution >= 4 is 5.69 Å². The fraction of sp³-hybridized carbons (Fsp3) is 0.308. The Balaban J connectivity index is 2.28. The summed E-state index contributed by atoms with van der Waals surface area (Å²) in [6.07, 6.45) is 0.463. The normalized spacial score (nSPS) is 10.9. The van der Waals surface area contributed by atoms with E-state index in [1.165, 1.54) is 12.1 Å². The second-order valence-corrected chi connectivity index (χ2v) is 4.73. The van der Waals surface area contributed by atoms with E-state index in [2.05, 4.69) is 10.2 Å². The van der Waals surface area contributed by atoms with Gasteiger partial charge in [0.2, 0.25) is 0 Å². The van der Waals surface area contributed by atoms with Crippen LogP contribution in [0.2, 0.25) is 0 Å². The standard InChI is InChI=1S/C13H15N3O3/c1-8(2)12-11(13(17)15-14-12)7-9-3-5-10(6-4-9)16(18)19/h3-6,8H,7H2,1-2H3,(H2,14,15,17). The molecule has 6 heteroatoms. The molecular formula is C13H15N3O3. The molecule has 0 saturated heterocycles. The van der Waals surface area contributed by atoms with Gasteiger partial charge < -0.3 is 5.10 Å². The first kappa shape index (κ1) is 13.1. The van der Waals surface area contributed by atoms with Crippen LogP contribution in [-0.4, -0.2) is 15.1 Å². The Morgan fingerprint density at radius 2 is 1.84 bits per heavy atom. The van der Waals surface area contributed by atoms with Crippen LogP contribution < -0.4 is 5.56 Å². The molecule has 1 aromatic carbocycles. The monoisotopic (exact) mass is 261 g/mol. The van der Waals surface area contributed by atoms with Gasteiger partial charge in [-0.05, 0) is 11.5 Å². The topological polar surface area (TPSA) is 91.8 Å². The first-order valence-corrected chi connectivity index (χ1v) is 6.01. The van der Waals surface area contributed by atoms with E-state index in [0.717, 1.165) is 11.3 Å². The summed E-state index contributed by atoms with van der Waals surface area (Å²) in [5.74, 6) is 0.215. The van der Waals surface area contributed by atoms with E-state index < -0.39 is 4.92 Å². The largest absolute Gasteiger partial charge is 0.302 e. The van der Waals surface area contributed by atoms with E-state index in [-0.39, 0.29) is 17.2 Å². The first-order valence-electron chi connectivity index (χ1n) is 6.01. The van der Waals surface area contributed by atoms with Crippen molar-refractivity contribution in [1.82, 2.24) is 10.2 Å². The Hall–Kier alpha value is -2.37. The third kappa shape index (κ3) is 2.73. The number of nitro groups is 1. The lowest BCUT2D eigenvalue weighted by Gasteiger charge is -2.05. The van der Waals surface area contributed by atoms with Gasteiger partial charge in [0.25, 0.3) is 11.2 Å². The van der Waals surface area contributed by atoms with Crippen molar-refractivity contribution < 1.29 is 4.92 Å². The molecular weight excluding hydrogens is 246 g/mol. The molecule has 2 aromatic rings. The van der Waals surface area contributed by atoms with Crippen LogP contribution in [0.5, 0.6) is 0 Å². The number of non-ortho nitro benzene ring substituents is 1. The number of nitrogens with zero attached hydrogens (tertiary/aromatic N) is 1. The number of aromatic nitrogens is 2. The average Bonchev–Trinajstić information content (AvgIpc) is 2.72. The van der Waals surface area contributed by atoms with Gasteiger partial charge in [0, 0.05) is 29.8 Å². The average molecular weight is 261 g/mol. The third-order valence-corrected chi connectivity index (χ3v) is 3.02. The molecule has 1 heterocycles. The summed E-state index contributed by atoms with van der Waals surface area (Å²) in [5.41, 5.74) is 2.35. The molecule has 2 N–H and O–H groups in total. The lowest BCUT2D eigenvalue weighted by atomic mass is 10.00. The molecule has 0 unspecified atom stereocenters. The molecule has 19 heavy (non-hydrogen) atoms. The number of hydrogen-bond acceptors (Lipinski definition) is 3. The molecule has 0 spiro atoms. The van der Waals surface area contributed by atoms with Gasteiger partial charge in [0.15, 0.2) is 0 Å². The van der Waals surface area contributed by atoms with E-state index in [4.69, 9.17) is 0 Å². The molecule has 0 atom stereocenters. The van der Waals surface area contributed by atoms with Gasteiger partial charge in [-0.25, -0.2) is 0 Å². The quantitative estimate of drug-likeness (QED) is 0.653. The van der Waals surface area contributed by atoms with Gasteiger partial charge in [-0.15, -0.1) is 0 Å². The Morgan fingerprint density at radius 3 is 2.37 bits per heavy atom. The SMILES string of the molecule is CC(C)c1[nH][nH]c(=O)c1Cc1ccc([N+](=O)[O-])cc1. The fourth-order valence-corrected chi connectivity index (χ4v) is 2.01. The predicted molar refractivity (Wildman–Crippen MR) is 71.4 cm³/mol. The number of H-pyrrole nitrogens is 2. The van der Waals surface area contributed by atoms with Crippen molar-refractivity contribution in [3.05, 3.63) is 61.6 Å². The highest BCUT2D eigenvalue weighted by Gasteiger charge is 2.14. The smallest absolute Gasteiger partial charge is 0.269 e. The zero-order valence-corrected chi connectivity index (χ0v) is 10.8. The van der Waals surface area contributed by atoms with Crippen LogP contribution >= 0.6 is 0 Å². The molecule has 0 bridgehead atoms. The molecule has 2 rings (SSSR count). The number of hydrogen-bond donors (Lipinski definition) is 2. The van der Waals surface area contributed by atoms with Crippen LogP contribution in [-0.2, 0) is 6.42 Å².